The van der Waals surface area contributed by atoms with Crippen LogP contribution in [0.15, 0.2) is 18.2 Å². The van der Waals surface area contributed by atoms with Gasteiger partial charge in [-0.05, 0) is 38.0 Å². The average Bonchev–Trinajstić information content (AvgIpc) is 2.26. The van der Waals surface area contributed by atoms with Gasteiger partial charge in [-0.2, -0.15) is 0 Å². The van der Waals surface area contributed by atoms with Crippen LogP contribution in [-0.4, -0.2) is 19.8 Å². The highest BCUT2D eigenvalue weighted by Crippen LogP contribution is 2.22. The van der Waals surface area contributed by atoms with Crippen molar-refractivity contribution in [3.05, 3.63) is 29.3 Å². The van der Waals surface area contributed by atoms with E-state index < -0.39 is 0 Å². The van der Waals surface area contributed by atoms with Gasteiger partial charge in [-0.25, -0.2) is 0 Å². The molecule has 0 bridgehead atoms. The van der Waals surface area contributed by atoms with E-state index in [0.29, 0.717) is 6.61 Å². The smallest absolute Gasteiger partial charge is 0.122 e. The standard InChI is InChI=1S/C13H21NO2/c1-9-7-12(11(3)14)5-6-13(9)16-8-10(2)15-4/h5-7,10-11H,8,14H2,1-4H3. The molecule has 0 spiro atoms. The summed E-state index contributed by atoms with van der Waals surface area (Å²) in [6, 6.07) is 6.10. The summed E-state index contributed by atoms with van der Waals surface area (Å²) in [6.45, 7) is 6.54. The normalized spacial score (nSPS) is 14.6. The molecule has 0 heterocycles. The van der Waals surface area contributed by atoms with Crippen molar-refractivity contribution >= 4 is 0 Å². The van der Waals surface area contributed by atoms with Gasteiger partial charge in [0.25, 0.3) is 0 Å². The van der Waals surface area contributed by atoms with Crippen LogP contribution in [0.3, 0.4) is 0 Å². The molecule has 0 aliphatic carbocycles. The highest BCUT2D eigenvalue weighted by Gasteiger charge is 2.06. The monoisotopic (exact) mass is 223 g/mol. The minimum Gasteiger partial charge on any atom is -0.491 e. The maximum Gasteiger partial charge on any atom is 0.122 e. The fourth-order valence-corrected chi connectivity index (χ4v) is 1.39. The molecule has 1 rings (SSSR count). The molecule has 2 atom stereocenters. The van der Waals surface area contributed by atoms with E-state index in [0.717, 1.165) is 16.9 Å². The minimum absolute atomic E-state index is 0.0608. The van der Waals surface area contributed by atoms with Gasteiger partial charge in [0, 0.05) is 13.2 Å². The fraction of sp³-hybridized carbons (Fsp3) is 0.538. The highest BCUT2D eigenvalue weighted by molar-refractivity contribution is 5.37. The molecule has 2 N–H and O–H groups in total. The summed E-state index contributed by atoms with van der Waals surface area (Å²) in [7, 11) is 1.68. The van der Waals surface area contributed by atoms with E-state index in [-0.39, 0.29) is 12.1 Å². The number of benzene rings is 1. The van der Waals surface area contributed by atoms with Gasteiger partial charge in [-0.1, -0.05) is 12.1 Å². The van der Waals surface area contributed by atoms with Gasteiger partial charge >= 0.3 is 0 Å². The Balaban J connectivity index is 2.68. The third kappa shape index (κ3) is 3.51. The zero-order chi connectivity index (χ0) is 12.1. The van der Waals surface area contributed by atoms with Crippen molar-refractivity contribution in [1.82, 2.24) is 0 Å². The molecular formula is C13H21NO2. The van der Waals surface area contributed by atoms with Crippen LogP contribution in [0.25, 0.3) is 0 Å². The summed E-state index contributed by atoms with van der Waals surface area (Å²) < 4.78 is 10.8. The zero-order valence-corrected chi connectivity index (χ0v) is 10.5. The Labute approximate surface area is 97.6 Å². The molecule has 0 aliphatic rings. The lowest BCUT2D eigenvalue weighted by molar-refractivity contribution is 0.0714. The molecule has 3 heteroatoms. The Morgan fingerprint density at radius 2 is 2.00 bits per heavy atom. The van der Waals surface area contributed by atoms with Crippen LogP contribution in [0.4, 0.5) is 0 Å². The number of nitrogens with two attached hydrogens (primary N) is 1. The first-order chi connectivity index (χ1) is 7.54. The van der Waals surface area contributed by atoms with Crippen molar-refractivity contribution in [2.75, 3.05) is 13.7 Å². The van der Waals surface area contributed by atoms with Crippen molar-refractivity contribution in [2.45, 2.75) is 32.9 Å². The lowest BCUT2D eigenvalue weighted by Crippen LogP contribution is -2.16. The number of hydrogen-bond acceptors (Lipinski definition) is 3. The Bertz CT molecular complexity index is 337. The third-order valence-electron chi connectivity index (χ3n) is 2.60. The van der Waals surface area contributed by atoms with Gasteiger partial charge < -0.3 is 15.2 Å². The molecule has 90 valence electrons. The molecule has 0 amide bonds. The predicted octanol–water partition coefficient (Wildman–Crippen LogP) is 2.43. The first-order valence-corrected chi connectivity index (χ1v) is 5.56. The van der Waals surface area contributed by atoms with Gasteiger partial charge in [-0.3, -0.25) is 0 Å². The Kier molecular flexibility index (Phi) is 4.77. The number of hydrogen-bond donors (Lipinski definition) is 1. The molecule has 3 nitrogen and oxygen atoms in total. The molecule has 0 saturated carbocycles. The van der Waals surface area contributed by atoms with E-state index in [1.54, 1.807) is 7.11 Å². The predicted molar refractivity (Wildman–Crippen MR) is 65.7 cm³/mol. The summed E-state index contributed by atoms with van der Waals surface area (Å²) in [5.41, 5.74) is 8.05. The van der Waals surface area contributed by atoms with Crippen LogP contribution >= 0.6 is 0 Å². The van der Waals surface area contributed by atoms with Gasteiger partial charge in [0.1, 0.15) is 12.4 Å². The summed E-state index contributed by atoms with van der Waals surface area (Å²) >= 11 is 0. The van der Waals surface area contributed by atoms with Crippen LogP contribution in [0.5, 0.6) is 5.75 Å². The van der Waals surface area contributed by atoms with E-state index in [9.17, 15) is 0 Å². The average molecular weight is 223 g/mol. The van der Waals surface area contributed by atoms with E-state index in [1.807, 2.05) is 32.9 Å². The Hall–Kier alpha value is -1.06. The summed E-state index contributed by atoms with van der Waals surface area (Å²) in [6.07, 6.45) is 0.104. The van der Waals surface area contributed by atoms with E-state index in [2.05, 4.69) is 6.07 Å². The van der Waals surface area contributed by atoms with Crippen LogP contribution in [0.1, 0.15) is 31.0 Å². The van der Waals surface area contributed by atoms with E-state index >= 15 is 0 Å². The summed E-state index contributed by atoms with van der Waals surface area (Å²) in [5.74, 6) is 0.897. The Morgan fingerprint density at radius 3 is 2.50 bits per heavy atom. The van der Waals surface area contributed by atoms with Crippen molar-refractivity contribution in [2.24, 2.45) is 5.73 Å². The molecule has 1 aromatic rings. The molecule has 1 aromatic carbocycles. The third-order valence-corrected chi connectivity index (χ3v) is 2.60. The van der Waals surface area contributed by atoms with Gasteiger partial charge in [-0.15, -0.1) is 0 Å². The molecule has 0 fully saturated rings. The molecule has 2 unspecified atom stereocenters. The van der Waals surface area contributed by atoms with Gasteiger partial charge in [0.2, 0.25) is 0 Å². The highest BCUT2D eigenvalue weighted by atomic mass is 16.5. The van der Waals surface area contributed by atoms with E-state index in [4.69, 9.17) is 15.2 Å². The molecule has 0 aromatic heterocycles. The minimum atomic E-state index is 0.0608. The van der Waals surface area contributed by atoms with Gasteiger partial charge in [0.05, 0.1) is 6.10 Å². The maximum absolute atomic E-state index is 5.82. The molecule has 0 radical (unpaired) electrons. The molecule has 0 aliphatic heterocycles. The zero-order valence-electron chi connectivity index (χ0n) is 10.5. The second-order valence-electron chi connectivity index (χ2n) is 4.17. The van der Waals surface area contributed by atoms with Gasteiger partial charge in [0.15, 0.2) is 0 Å². The fourth-order valence-electron chi connectivity index (χ4n) is 1.39. The lowest BCUT2D eigenvalue weighted by atomic mass is 10.1. The first kappa shape index (κ1) is 13.0. The van der Waals surface area contributed by atoms with Crippen molar-refractivity contribution in [3.8, 4) is 5.75 Å². The second-order valence-corrected chi connectivity index (χ2v) is 4.17. The molecule has 0 saturated heterocycles. The quantitative estimate of drug-likeness (QED) is 0.833. The summed E-state index contributed by atoms with van der Waals surface area (Å²) in [5, 5.41) is 0. The number of methoxy groups -OCH3 is 1. The van der Waals surface area contributed by atoms with E-state index in [1.165, 1.54) is 0 Å². The van der Waals surface area contributed by atoms with Crippen LogP contribution in [0, 0.1) is 6.92 Å². The van der Waals surface area contributed by atoms with Crippen molar-refractivity contribution in [3.63, 3.8) is 0 Å². The van der Waals surface area contributed by atoms with Crippen LogP contribution in [-0.2, 0) is 4.74 Å². The first-order valence-electron chi connectivity index (χ1n) is 5.56. The number of rotatable bonds is 5. The van der Waals surface area contributed by atoms with Crippen LogP contribution < -0.4 is 10.5 Å². The molecular weight excluding hydrogens is 202 g/mol. The maximum atomic E-state index is 5.82. The second kappa shape index (κ2) is 5.87. The SMILES string of the molecule is COC(C)COc1ccc(C(C)N)cc1C. The number of aryl methyl sites for hydroxylation is 1. The number of ether oxygens (including phenoxy) is 2. The molecule has 16 heavy (non-hydrogen) atoms. The largest absolute Gasteiger partial charge is 0.491 e. The van der Waals surface area contributed by atoms with Crippen LogP contribution in [0.2, 0.25) is 0 Å². The lowest BCUT2D eigenvalue weighted by Gasteiger charge is -2.14. The van der Waals surface area contributed by atoms with Crippen molar-refractivity contribution in [1.29, 1.82) is 0 Å². The van der Waals surface area contributed by atoms with Crippen molar-refractivity contribution < 1.29 is 9.47 Å². The summed E-state index contributed by atoms with van der Waals surface area (Å²) in [4.78, 5) is 0. The topological polar surface area (TPSA) is 44.5 Å². The Morgan fingerprint density at radius 1 is 1.31 bits per heavy atom.